The number of benzene rings is 1. The van der Waals surface area contributed by atoms with Gasteiger partial charge >= 0.3 is 0 Å². The molecule has 1 atom stereocenters. The minimum Gasteiger partial charge on any atom is -0.342 e. The van der Waals surface area contributed by atoms with Crippen molar-refractivity contribution in [3.05, 3.63) is 34.3 Å². The maximum absolute atomic E-state index is 12.1. The number of hydrogen-bond donors (Lipinski definition) is 1. The Kier molecular flexibility index (Phi) is 4.78. The van der Waals surface area contributed by atoms with Crippen LogP contribution in [0, 0.1) is 5.92 Å². The minimum absolute atomic E-state index is 0.252. The molecular weight excluding hydrogens is 292 g/mol. The summed E-state index contributed by atoms with van der Waals surface area (Å²) in [5.74, 6) is 0.749. The van der Waals surface area contributed by atoms with Crippen LogP contribution in [-0.2, 0) is 11.2 Å². The fraction of sp³-hybridized carbons (Fsp3) is 0.500. The number of likely N-dealkylation sites (tertiary alicyclic amines) is 1. The van der Waals surface area contributed by atoms with E-state index >= 15 is 0 Å². The highest BCUT2D eigenvalue weighted by molar-refractivity contribution is 9.10. The predicted molar refractivity (Wildman–Crippen MR) is 76.2 cm³/mol. The maximum atomic E-state index is 12.1. The van der Waals surface area contributed by atoms with Crippen molar-refractivity contribution in [3.8, 4) is 0 Å². The molecule has 0 bridgehead atoms. The van der Waals surface area contributed by atoms with E-state index in [1.807, 2.05) is 23.1 Å². The summed E-state index contributed by atoms with van der Waals surface area (Å²) in [6.45, 7) is 2.40. The molecule has 0 radical (unpaired) electrons. The summed E-state index contributed by atoms with van der Waals surface area (Å²) in [4.78, 5) is 14.0. The molecule has 1 unspecified atom stereocenters. The summed E-state index contributed by atoms with van der Waals surface area (Å²) in [5, 5.41) is 0. The van der Waals surface area contributed by atoms with Crippen molar-refractivity contribution in [2.45, 2.75) is 19.3 Å². The van der Waals surface area contributed by atoms with Gasteiger partial charge in [0.2, 0.25) is 5.91 Å². The van der Waals surface area contributed by atoms with Crippen LogP contribution in [0.4, 0.5) is 0 Å². The standard InChI is InChI=1S/C14H19BrN2O/c15-13-4-2-1-3-12(13)5-6-14(18)17-8-7-11(9-16)10-17/h1-4,11H,5-10,16H2. The van der Waals surface area contributed by atoms with Crippen LogP contribution >= 0.6 is 15.9 Å². The molecule has 18 heavy (non-hydrogen) atoms. The van der Waals surface area contributed by atoms with Crippen LogP contribution in [0.1, 0.15) is 18.4 Å². The van der Waals surface area contributed by atoms with Crippen LogP contribution in [-0.4, -0.2) is 30.4 Å². The van der Waals surface area contributed by atoms with Gasteiger partial charge in [-0.25, -0.2) is 0 Å². The van der Waals surface area contributed by atoms with E-state index in [-0.39, 0.29) is 5.91 Å². The third-order valence-electron chi connectivity index (χ3n) is 3.54. The first kappa shape index (κ1) is 13.6. The lowest BCUT2D eigenvalue weighted by atomic mass is 10.1. The summed E-state index contributed by atoms with van der Waals surface area (Å²) < 4.78 is 1.08. The van der Waals surface area contributed by atoms with Crippen molar-refractivity contribution in [3.63, 3.8) is 0 Å². The zero-order chi connectivity index (χ0) is 13.0. The third-order valence-corrected chi connectivity index (χ3v) is 4.31. The zero-order valence-corrected chi connectivity index (χ0v) is 12.0. The molecule has 2 rings (SSSR count). The second-order valence-electron chi connectivity index (χ2n) is 4.82. The van der Waals surface area contributed by atoms with Gasteiger partial charge in [0.05, 0.1) is 0 Å². The minimum atomic E-state index is 0.252. The van der Waals surface area contributed by atoms with Gasteiger partial charge in [0.1, 0.15) is 0 Å². The fourth-order valence-corrected chi connectivity index (χ4v) is 2.84. The first-order chi connectivity index (χ1) is 8.70. The van der Waals surface area contributed by atoms with Gasteiger partial charge in [-0.1, -0.05) is 34.1 Å². The number of aryl methyl sites for hydroxylation is 1. The molecule has 1 amide bonds. The van der Waals surface area contributed by atoms with Gasteiger partial charge < -0.3 is 10.6 Å². The quantitative estimate of drug-likeness (QED) is 0.926. The summed E-state index contributed by atoms with van der Waals surface area (Å²) in [7, 11) is 0. The molecule has 1 saturated heterocycles. The normalized spacial score (nSPS) is 19.2. The molecule has 1 aliphatic rings. The molecule has 1 heterocycles. The van der Waals surface area contributed by atoms with Gasteiger partial charge in [0.25, 0.3) is 0 Å². The molecule has 98 valence electrons. The van der Waals surface area contributed by atoms with Crippen molar-refractivity contribution in [2.75, 3.05) is 19.6 Å². The molecule has 3 nitrogen and oxygen atoms in total. The fourth-order valence-electron chi connectivity index (χ4n) is 2.35. The molecular formula is C14H19BrN2O. The summed E-state index contributed by atoms with van der Waals surface area (Å²) in [6.07, 6.45) is 2.43. The van der Waals surface area contributed by atoms with E-state index in [2.05, 4.69) is 22.0 Å². The van der Waals surface area contributed by atoms with E-state index in [0.717, 1.165) is 30.4 Å². The number of carbonyl (C=O) groups is 1. The Morgan fingerprint density at radius 2 is 2.22 bits per heavy atom. The number of halogens is 1. The lowest BCUT2D eigenvalue weighted by molar-refractivity contribution is -0.130. The Bertz CT molecular complexity index is 422. The molecule has 1 aromatic rings. The van der Waals surface area contributed by atoms with Gasteiger partial charge in [-0.15, -0.1) is 0 Å². The van der Waals surface area contributed by atoms with Crippen LogP contribution < -0.4 is 5.73 Å². The van der Waals surface area contributed by atoms with E-state index in [1.54, 1.807) is 0 Å². The second-order valence-corrected chi connectivity index (χ2v) is 5.68. The average molecular weight is 311 g/mol. The van der Waals surface area contributed by atoms with Crippen LogP contribution in [0.25, 0.3) is 0 Å². The molecule has 4 heteroatoms. The Labute approximate surface area is 116 Å². The number of amides is 1. The maximum Gasteiger partial charge on any atom is 0.222 e. The number of hydrogen-bond acceptors (Lipinski definition) is 2. The monoisotopic (exact) mass is 310 g/mol. The van der Waals surface area contributed by atoms with E-state index in [0.29, 0.717) is 18.9 Å². The Morgan fingerprint density at radius 3 is 2.89 bits per heavy atom. The van der Waals surface area contributed by atoms with Crippen LogP contribution in [0.3, 0.4) is 0 Å². The van der Waals surface area contributed by atoms with Crippen molar-refractivity contribution < 1.29 is 4.79 Å². The van der Waals surface area contributed by atoms with Crippen molar-refractivity contribution in [1.29, 1.82) is 0 Å². The van der Waals surface area contributed by atoms with Crippen molar-refractivity contribution in [2.24, 2.45) is 11.7 Å². The van der Waals surface area contributed by atoms with E-state index in [9.17, 15) is 4.79 Å². The second kappa shape index (κ2) is 6.34. The van der Waals surface area contributed by atoms with Crippen molar-refractivity contribution >= 4 is 21.8 Å². The third kappa shape index (κ3) is 3.33. The van der Waals surface area contributed by atoms with Crippen molar-refractivity contribution in [1.82, 2.24) is 4.90 Å². The van der Waals surface area contributed by atoms with Crippen LogP contribution in [0.5, 0.6) is 0 Å². The molecule has 0 spiro atoms. The largest absolute Gasteiger partial charge is 0.342 e. The summed E-state index contributed by atoms with van der Waals surface area (Å²) in [5.41, 5.74) is 6.83. The number of nitrogens with zero attached hydrogens (tertiary/aromatic N) is 1. The number of nitrogens with two attached hydrogens (primary N) is 1. The average Bonchev–Trinajstić information content (AvgIpc) is 2.86. The highest BCUT2D eigenvalue weighted by Crippen LogP contribution is 2.20. The van der Waals surface area contributed by atoms with Crippen LogP contribution in [0.2, 0.25) is 0 Å². The van der Waals surface area contributed by atoms with Gasteiger partial charge in [-0.3, -0.25) is 4.79 Å². The van der Waals surface area contributed by atoms with Gasteiger partial charge in [0, 0.05) is 24.0 Å². The van der Waals surface area contributed by atoms with E-state index < -0.39 is 0 Å². The Balaban J connectivity index is 1.84. The molecule has 1 fully saturated rings. The van der Waals surface area contributed by atoms with Gasteiger partial charge in [-0.05, 0) is 36.9 Å². The highest BCUT2D eigenvalue weighted by Gasteiger charge is 2.24. The first-order valence-electron chi connectivity index (χ1n) is 6.42. The first-order valence-corrected chi connectivity index (χ1v) is 7.21. The molecule has 0 aliphatic carbocycles. The van der Waals surface area contributed by atoms with Crippen LogP contribution in [0.15, 0.2) is 28.7 Å². The molecule has 1 aromatic carbocycles. The smallest absolute Gasteiger partial charge is 0.222 e. The van der Waals surface area contributed by atoms with E-state index in [4.69, 9.17) is 5.73 Å². The molecule has 2 N–H and O–H groups in total. The molecule has 0 saturated carbocycles. The molecule has 1 aliphatic heterocycles. The lowest BCUT2D eigenvalue weighted by Crippen LogP contribution is -2.30. The Morgan fingerprint density at radius 1 is 1.44 bits per heavy atom. The van der Waals surface area contributed by atoms with E-state index in [1.165, 1.54) is 5.56 Å². The SMILES string of the molecule is NCC1CCN(C(=O)CCc2ccccc2Br)C1. The summed E-state index contributed by atoms with van der Waals surface area (Å²) in [6, 6.07) is 8.07. The Hall–Kier alpha value is -0.870. The zero-order valence-electron chi connectivity index (χ0n) is 10.4. The van der Waals surface area contributed by atoms with Gasteiger partial charge in [-0.2, -0.15) is 0 Å². The summed E-state index contributed by atoms with van der Waals surface area (Å²) >= 11 is 3.51. The number of carbonyl (C=O) groups excluding carboxylic acids is 1. The molecule has 0 aromatic heterocycles. The predicted octanol–water partition coefficient (Wildman–Crippen LogP) is 2.19. The highest BCUT2D eigenvalue weighted by atomic mass is 79.9. The lowest BCUT2D eigenvalue weighted by Gasteiger charge is -2.16. The van der Waals surface area contributed by atoms with Gasteiger partial charge in [0.15, 0.2) is 0 Å². The number of rotatable bonds is 4. The topological polar surface area (TPSA) is 46.3 Å².